The van der Waals surface area contributed by atoms with Crippen molar-refractivity contribution in [2.24, 2.45) is 0 Å². The lowest BCUT2D eigenvalue weighted by Crippen LogP contribution is -2.31. The molecule has 0 radical (unpaired) electrons. The average Bonchev–Trinajstić information content (AvgIpc) is 2.33. The van der Waals surface area contributed by atoms with Gasteiger partial charge in [0.25, 0.3) is 5.56 Å². The fourth-order valence-corrected chi connectivity index (χ4v) is 1.47. The molecule has 7 nitrogen and oxygen atoms in total. The Morgan fingerprint density at radius 3 is 2.94 bits per heavy atom. The van der Waals surface area contributed by atoms with Gasteiger partial charge in [-0.05, 0) is 13.0 Å². The summed E-state index contributed by atoms with van der Waals surface area (Å²) >= 11 is 0. The number of hydrogen-bond donors (Lipinski definition) is 1. The highest BCUT2D eigenvalue weighted by Gasteiger charge is 2.05. The van der Waals surface area contributed by atoms with Gasteiger partial charge in [-0.25, -0.2) is 14.8 Å². The molecule has 0 spiro atoms. The van der Waals surface area contributed by atoms with E-state index in [1.54, 1.807) is 25.3 Å². The van der Waals surface area contributed by atoms with Crippen LogP contribution in [0, 0.1) is 18.3 Å². The molecule has 2 heterocycles. The molecule has 18 heavy (non-hydrogen) atoms. The van der Waals surface area contributed by atoms with Crippen LogP contribution in [-0.2, 0) is 6.54 Å². The second kappa shape index (κ2) is 4.63. The van der Waals surface area contributed by atoms with Crippen molar-refractivity contribution in [2.75, 3.05) is 0 Å². The number of nitriles is 1. The van der Waals surface area contributed by atoms with Gasteiger partial charge >= 0.3 is 5.69 Å². The van der Waals surface area contributed by atoms with E-state index >= 15 is 0 Å². The second-order valence-corrected chi connectivity index (χ2v) is 3.64. The van der Waals surface area contributed by atoms with Crippen molar-refractivity contribution >= 4 is 0 Å². The molecule has 7 heteroatoms. The first kappa shape index (κ1) is 11.7. The SMILES string of the molecule is Cc1nccc(Cn2cc(C#N)c(=O)[nH]c2=O)n1. The molecule has 0 unspecified atom stereocenters. The number of aryl methyl sites for hydroxylation is 1. The van der Waals surface area contributed by atoms with E-state index in [2.05, 4.69) is 15.0 Å². The third kappa shape index (κ3) is 2.32. The summed E-state index contributed by atoms with van der Waals surface area (Å²) in [7, 11) is 0. The maximum atomic E-state index is 11.6. The van der Waals surface area contributed by atoms with Crippen molar-refractivity contribution in [1.29, 1.82) is 5.26 Å². The van der Waals surface area contributed by atoms with E-state index < -0.39 is 11.2 Å². The zero-order valence-corrected chi connectivity index (χ0v) is 9.54. The van der Waals surface area contributed by atoms with Crippen LogP contribution < -0.4 is 11.2 Å². The lowest BCUT2D eigenvalue weighted by Gasteiger charge is -2.04. The predicted molar refractivity (Wildman–Crippen MR) is 61.9 cm³/mol. The van der Waals surface area contributed by atoms with Crippen LogP contribution >= 0.6 is 0 Å². The number of nitrogens with one attached hydrogen (secondary N) is 1. The molecule has 0 saturated carbocycles. The molecule has 0 fully saturated rings. The summed E-state index contributed by atoms with van der Waals surface area (Å²) in [6.07, 6.45) is 2.80. The Morgan fingerprint density at radius 2 is 2.28 bits per heavy atom. The fourth-order valence-electron chi connectivity index (χ4n) is 1.47. The quantitative estimate of drug-likeness (QED) is 0.769. The summed E-state index contributed by atoms with van der Waals surface area (Å²) in [6.45, 7) is 1.91. The van der Waals surface area contributed by atoms with Crippen LogP contribution in [0.25, 0.3) is 0 Å². The molecular formula is C11H9N5O2. The largest absolute Gasteiger partial charge is 0.328 e. The van der Waals surface area contributed by atoms with Gasteiger partial charge in [-0.15, -0.1) is 0 Å². The Bertz CT molecular complexity index is 738. The van der Waals surface area contributed by atoms with Crippen molar-refractivity contribution in [3.05, 3.63) is 56.4 Å². The van der Waals surface area contributed by atoms with Crippen molar-refractivity contribution < 1.29 is 0 Å². The molecule has 0 aromatic carbocycles. The topological polar surface area (TPSA) is 104 Å². The van der Waals surface area contributed by atoms with Crippen LogP contribution in [0.4, 0.5) is 0 Å². The van der Waals surface area contributed by atoms with Crippen LogP contribution in [0.3, 0.4) is 0 Å². The average molecular weight is 243 g/mol. The summed E-state index contributed by atoms with van der Waals surface area (Å²) in [5.74, 6) is 0.588. The number of hydrogen-bond acceptors (Lipinski definition) is 5. The lowest BCUT2D eigenvalue weighted by molar-refractivity contribution is 0.697. The molecule has 0 aliphatic carbocycles. The van der Waals surface area contributed by atoms with E-state index in [1.807, 2.05) is 0 Å². The summed E-state index contributed by atoms with van der Waals surface area (Å²) in [5, 5.41) is 8.73. The number of aromatic amines is 1. The Morgan fingerprint density at radius 1 is 1.50 bits per heavy atom. The maximum Gasteiger partial charge on any atom is 0.328 e. The lowest BCUT2D eigenvalue weighted by atomic mass is 10.3. The zero-order valence-electron chi connectivity index (χ0n) is 9.54. The molecule has 90 valence electrons. The van der Waals surface area contributed by atoms with Gasteiger partial charge in [0, 0.05) is 12.4 Å². The standard InChI is InChI=1S/C11H9N5O2/c1-7-13-3-2-9(14-7)6-16-5-8(4-12)10(17)15-11(16)18/h2-3,5H,6H2,1H3,(H,15,17,18). The smallest absolute Gasteiger partial charge is 0.293 e. The van der Waals surface area contributed by atoms with Gasteiger partial charge in [-0.2, -0.15) is 5.26 Å². The summed E-state index contributed by atoms with van der Waals surface area (Å²) in [6, 6.07) is 3.39. The van der Waals surface area contributed by atoms with Crippen molar-refractivity contribution in [2.45, 2.75) is 13.5 Å². The predicted octanol–water partition coefficient (Wildman–Crippen LogP) is -0.445. The molecule has 0 atom stereocenters. The second-order valence-electron chi connectivity index (χ2n) is 3.64. The van der Waals surface area contributed by atoms with E-state index in [9.17, 15) is 9.59 Å². The maximum absolute atomic E-state index is 11.6. The third-order valence-electron chi connectivity index (χ3n) is 2.30. The number of H-pyrrole nitrogens is 1. The summed E-state index contributed by atoms with van der Waals surface area (Å²) in [4.78, 5) is 32.9. The summed E-state index contributed by atoms with van der Waals surface area (Å²) < 4.78 is 1.22. The van der Waals surface area contributed by atoms with Gasteiger partial charge in [-0.3, -0.25) is 14.3 Å². The highest BCUT2D eigenvalue weighted by molar-refractivity contribution is 5.22. The van der Waals surface area contributed by atoms with Crippen LogP contribution in [0.1, 0.15) is 17.1 Å². The van der Waals surface area contributed by atoms with E-state index in [0.717, 1.165) is 0 Å². The zero-order chi connectivity index (χ0) is 13.1. The molecule has 2 aromatic heterocycles. The first-order chi connectivity index (χ1) is 8.60. The van der Waals surface area contributed by atoms with E-state index in [4.69, 9.17) is 5.26 Å². The van der Waals surface area contributed by atoms with E-state index in [0.29, 0.717) is 11.5 Å². The molecular weight excluding hydrogens is 234 g/mol. The highest BCUT2D eigenvalue weighted by Crippen LogP contribution is 1.97. The number of nitrogens with zero attached hydrogens (tertiary/aromatic N) is 4. The molecule has 2 rings (SSSR count). The van der Waals surface area contributed by atoms with Gasteiger partial charge < -0.3 is 0 Å². The molecule has 0 amide bonds. The Balaban J connectivity index is 2.44. The molecule has 0 aliphatic heterocycles. The Hall–Kier alpha value is -2.75. The van der Waals surface area contributed by atoms with Gasteiger partial charge in [0.1, 0.15) is 17.5 Å². The third-order valence-corrected chi connectivity index (χ3v) is 2.30. The van der Waals surface area contributed by atoms with Gasteiger partial charge in [0.15, 0.2) is 0 Å². The van der Waals surface area contributed by atoms with E-state index in [-0.39, 0.29) is 12.1 Å². The Kier molecular flexibility index (Phi) is 3.02. The Labute approximate surface area is 101 Å². The number of aromatic nitrogens is 4. The minimum Gasteiger partial charge on any atom is -0.293 e. The minimum atomic E-state index is -0.683. The van der Waals surface area contributed by atoms with Crippen molar-refractivity contribution in [3.63, 3.8) is 0 Å². The van der Waals surface area contributed by atoms with Crippen LogP contribution in [-0.4, -0.2) is 19.5 Å². The summed E-state index contributed by atoms with van der Waals surface area (Å²) in [5.41, 5.74) is -0.742. The van der Waals surface area contributed by atoms with Crippen molar-refractivity contribution in [1.82, 2.24) is 19.5 Å². The molecule has 0 bridgehead atoms. The highest BCUT2D eigenvalue weighted by atomic mass is 16.2. The van der Waals surface area contributed by atoms with Gasteiger partial charge in [-0.1, -0.05) is 0 Å². The first-order valence-corrected chi connectivity index (χ1v) is 5.12. The number of rotatable bonds is 2. The van der Waals surface area contributed by atoms with Crippen LogP contribution in [0.5, 0.6) is 0 Å². The van der Waals surface area contributed by atoms with Crippen LogP contribution in [0.15, 0.2) is 28.0 Å². The molecule has 1 N–H and O–H groups in total. The van der Waals surface area contributed by atoms with Crippen LogP contribution in [0.2, 0.25) is 0 Å². The van der Waals surface area contributed by atoms with Gasteiger partial charge in [0.05, 0.1) is 12.2 Å². The molecule has 0 saturated heterocycles. The molecule has 2 aromatic rings. The monoisotopic (exact) mass is 243 g/mol. The van der Waals surface area contributed by atoms with E-state index in [1.165, 1.54) is 10.8 Å². The first-order valence-electron chi connectivity index (χ1n) is 5.12. The minimum absolute atomic E-state index is 0.111. The fraction of sp³-hybridized carbons (Fsp3) is 0.182. The molecule has 0 aliphatic rings. The van der Waals surface area contributed by atoms with Gasteiger partial charge in [0.2, 0.25) is 0 Å². The van der Waals surface area contributed by atoms with Crippen molar-refractivity contribution in [3.8, 4) is 6.07 Å². The normalized spacial score (nSPS) is 10.0.